The van der Waals surface area contributed by atoms with Gasteiger partial charge in [0.2, 0.25) is 5.91 Å². The third-order valence-corrected chi connectivity index (χ3v) is 6.68. The zero-order valence-corrected chi connectivity index (χ0v) is 18.7. The van der Waals surface area contributed by atoms with Crippen LogP contribution in [0.5, 0.6) is 0 Å². The normalized spacial score (nSPS) is 14.4. The fourth-order valence-corrected chi connectivity index (χ4v) is 4.85. The van der Waals surface area contributed by atoms with Gasteiger partial charge in [0.05, 0.1) is 10.6 Å². The fraction of sp³-hybridized carbons (Fsp3) is 0.320. The van der Waals surface area contributed by atoms with Crippen LogP contribution in [-0.4, -0.2) is 22.3 Å². The van der Waals surface area contributed by atoms with E-state index in [4.69, 9.17) is 4.98 Å². The minimum Gasteiger partial charge on any atom is -0.342 e. The van der Waals surface area contributed by atoms with Gasteiger partial charge < -0.3 is 5.32 Å². The SMILES string of the molecule is CC(C)(NC(=O)C1CCCC1)C(=O)Nc1nc(-c2ccccc2)c(-c2ccccc2)s1. The van der Waals surface area contributed by atoms with Crippen molar-refractivity contribution in [1.82, 2.24) is 10.3 Å². The van der Waals surface area contributed by atoms with E-state index in [1.54, 1.807) is 13.8 Å². The number of benzene rings is 2. The first kappa shape index (κ1) is 21.2. The number of carbonyl (C=O) groups is 2. The molecule has 1 aromatic heterocycles. The number of hydrogen-bond donors (Lipinski definition) is 2. The molecule has 2 N–H and O–H groups in total. The van der Waals surface area contributed by atoms with Crippen LogP contribution >= 0.6 is 11.3 Å². The zero-order chi connectivity index (χ0) is 21.8. The quantitative estimate of drug-likeness (QED) is 0.539. The molecule has 160 valence electrons. The highest BCUT2D eigenvalue weighted by Crippen LogP contribution is 2.39. The minimum absolute atomic E-state index is 0.0151. The Labute approximate surface area is 186 Å². The van der Waals surface area contributed by atoms with Gasteiger partial charge in [-0.25, -0.2) is 4.98 Å². The van der Waals surface area contributed by atoms with Crippen LogP contribution in [0.15, 0.2) is 60.7 Å². The average molecular weight is 434 g/mol. The molecular formula is C25H27N3O2S. The third kappa shape index (κ3) is 4.85. The summed E-state index contributed by atoms with van der Waals surface area (Å²) >= 11 is 1.44. The Balaban J connectivity index is 1.57. The molecule has 0 atom stereocenters. The molecule has 0 spiro atoms. The molecule has 1 aliphatic rings. The van der Waals surface area contributed by atoms with Crippen molar-refractivity contribution >= 4 is 28.3 Å². The molecule has 2 amide bonds. The molecule has 0 aliphatic heterocycles. The Bertz CT molecular complexity index is 998. The Morgan fingerprint density at radius 3 is 2.13 bits per heavy atom. The second-order valence-corrected chi connectivity index (χ2v) is 9.48. The molecule has 0 unspecified atom stereocenters. The maximum absolute atomic E-state index is 13.0. The average Bonchev–Trinajstić information content (AvgIpc) is 3.45. The minimum atomic E-state index is -1.02. The number of carbonyl (C=O) groups excluding carboxylic acids is 2. The van der Waals surface area contributed by atoms with Gasteiger partial charge >= 0.3 is 0 Å². The standard InChI is InChI=1S/C25H27N3O2S/c1-25(2,28-22(29)19-15-9-10-16-19)23(30)27-24-26-20(17-11-5-3-6-12-17)21(31-24)18-13-7-4-8-14-18/h3-8,11-14,19H,9-10,15-16H2,1-2H3,(H,28,29)(H,26,27,30). The summed E-state index contributed by atoms with van der Waals surface area (Å²) in [5.74, 6) is -0.292. The molecule has 1 aliphatic carbocycles. The lowest BCUT2D eigenvalue weighted by atomic mass is 10.0. The van der Waals surface area contributed by atoms with E-state index in [0.29, 0.717) is 5.13 Å². The number of thiazole rings is 1. The van der Waals surface area contributed by atoms with Crippen molar-refractivity contribution in [3.8, 4) is 21.7 Å². The van der Waals surface area contributed by atoms with E-state index < -0.39 is 5.54 Å². The highest BCUT2D eigenvalue weighted by molar-refractivity contribution is 7.19. The lowest BCUT2D eigenvalue weighted by Gasteiger charge is -2.26. The van der Waals surface area contributed by atoms with Crippen LogP contribution in [0.25, 0.3) is 21.7 Å². The first-order chi connectivity index (χ1) is 14.9. The van der Waals surface area contributed by atoms with E-state index >= 15 is 0 Å². The van der Waals surface area contributed by atoms with Gasteiger partial charge in [0.1, 0.15) is 5.54 Å². The number of nitrogens with one attached hydrogen (secondary N) is 2. The van der Waals surface area contributed by atoms with Crippen molar-refractivity contribution in [3.63, 3.8) is 0 Å². The van der Waals surface area contributed by atoms with Crippen LogP contribution in [-0.2, 0) is 9.59 Å². The van der Waals surface area contributed by atoms with Gasteiger partial charge in [0, 0.05) is 11.5 Å². The summed E-state index contributed by atoms with van der Waals surface area (Å²) in [5, 5.41) is 6.38. The van der Waals surface area contributed by atoms with Crippen molar-refractivity contribution in [2.24, 2.45) is 5.92 Å². The molecule has 0 bridgehead atoms. The smallest absolute Gasteiger partial charge is 0.251 e. The Morgan fingerprint density at radius 1 is 0.935 bits per heavy atom. The monoisotopic (exact) mass is 433 g/mol. The van der Waals surface area contributed by atoms with Crippen molar-refractivity contribution < 1.29 is 9.59 Å². The fourth-order valence-electron chi connectivity index (χ4n) is 3.86. The highest BCUT2D eigenvalue weighted by Gasteiger charge is 2.33. The number of anilines is 1. The predicted octanol–water partition coefficient (Wildman–Crippen LogP) is 5.50. The van der Waals surface area contributed by atoms with E-state index in [9.17, 15) is 9.59 Å². The van der Waals surface area contributed by atoms with Crippen molar-refractivity contribution in [3.05, 3.63) is 60.7 Å². The largest absolute Gasteiger partial charge is 0.342 e. The van der Waals surface area contributed by atoms with Gasteiger partial charge in [-0.3, -0.25) is 14.9 Å². The maximum atomic E-state index is 13.0. The van der Waals surface area contributed by atoms with Gasteiger partial charge in [-0.1, -0.05) is 84.8 Å². The summed E-state index contributed by atoms with van der Waals surface area (Å²) in [5.41, 5.74) is 1.85. The maximum Gasteiger partial charge on any atom is 0.251 e. The lowest BCUT2D eigenvalue weighted by Crippen LogP contribution is -2.53. The Morgan fingerprint density at radius 2 is 1.52 bits per heavy atom. The molecule has 1 fully saturated rings. The van der Waals surface area contributed by atoms with Crippen LogP contribution in [0, 0.1) is 5.92 Å². The molecular weight excluding hydrogens is 406 g/mol. The van der Waals surface area contributed by atoms with Crippen LogP contribution in [0.3, 0.4) is 0 Å². The Kier molecular flexibility index (Phi) is 6.18. The van der Waals surface area contributed by atoms with Gasteiger partial charge in [-0.2, -0.15) is 0 Å². The van der Waals surface area contributed by atoms with Crippen molar-refractivity contribution in [2.45, 2.75) is 45.1 Å². The van der Waals surface area contributed by atoms with Gasteiger partial charge in [-0.15, -0.1) is 0 Å². The van der Waals surface area contributed by atoms with Gasteiger partial charge in [-0.05, 0) is 32.3 Å². The second-order valence-electron chi connectivity index (χ2n) is 8.48. The molecule has 4 rings (SSSR count). The van der Waals surface area contributed by atoms with E-state index in [1.807, 2.05) is 60.7 Å². The van der Waals surface area contributed by atoms with Crippen LogP contribution in [0.4, 0.5) is 5.13 Å². The van der Waals surface area contributed by atoms with E-state index in [1.165, 1.54) is 11.3 Å². The number of amides is 2. The summed E-state index contributed by atoms with van der Waals surface area (Å²) < 4.78 is 0. The number of rotatable bonds is 6. The summed E-state index contributed by atoms with van der Waals surface area (Å²) in [7, 11) is 0. The molecule has 5 nitrogen and oxygen atoms in total. The van der Waals surface area contributed by atoms with Crippen LogP contribution in [0.1, 0.15) is 39.5 Å². The lowest BCUT2D eigenvalue weighted by molar-refractivity contribution is -0.131. The topological polar surface area (TPSA) is 71.1 Å². The summed E-state index contributed by atoms with van der Waals surface area (Å²) in [6.45, 7) is 3.47. The number of aromatic nitrogens is 1. The zero-order valence-electron chi connectivity index (χ0n) is 17.9. The van der Waals surface area contributed by atoms with Crippen LogP contribution in [0.2, 0.25) is 0 Å². The van der Waals surface area contributed by atoms with Gasteiger partial charge in [0.15, 0.2) is 5.13 Å². The molecule has 31 heavy (non-hydrogen) atoms. The van der Waals surface area contributed by atoms with Gasteiger partial charge in [0.25, 0.3) is 5.91 Å². The molecule has 3 aromatic rings. The molecule has 1 heterocycles. The molecule has 6 heteroatoms. The predicted molar refractivity (Wildman–Crippen MR) is 126 cm³/mol. The van der Waals surface area contributed by atoms with Crippen molar-refractivity contribution in [2.75, 3.05) is 5.32 Å². The summed E-state index contributed by atoms with van der Waals surface area (Å²) in [6, 6.07) is 20.0. The van der Waals surface area contributed by atoms with E-state index in [-0.39, 0.29) is 17.7 Å². The highest BCUT2D eigenvalue weighted by atomic mass is 32.1. The Hall–Kier alpha value is -2.99. The number of hydrogen-bond acceptors (Lipinski definition) is 4. The summed E-state index contributed by atoms with van der Waals surface area (Å²) in [4.78, 5) is 31.3. The summed E-state index contributed by atoms with van der Waals surface area (Å²) in [6.07, 6.45) is 3.95. The molecule has 0 radical (unpaired) electrons. The van der Waals surface area contributed by atoms with E-state index in [2.05, 4.69) is 10.6 Å². The third-order valence-electron chi connectivity index (χ3n) is 5.66. The molecule has 2 aromatic carbocycles. The molecule has 1 saturated carbocycles. The van der Waals surface area contributed by atoms with E-state index in [0.717, 1.165) is 47.4 Å². The first-order valence-electron chi connectivity index (χ1n) is 10.7. The molecule has 0 saturated heterocycles. The second kappa shape index (κ2) is 9.02. The number of nitrogens with zero attached hydrogens (tertiary/aromatic N) is 1. The first-order valence-corrected chi connectivity index (χ1v) is 11.5. The van der Waals surface area contributed by atoms with Crippen molar-refractivity contribution in [1.29, 1.82) is 0 Å². The van der Waals surface area contributed by atoms with Crippen LogP contribution < -0.4 is 10.6 Å².